The van der Waals surface area contributed by atoms with Crippen LogP contribution in [0.25, 0.3) is 0 Å². The second-order valence-electron chi connectivity index (χ2n) is 4.34. The molecule has 1 atom stereocenters. The van der Waals surface area contributed by atoms with Gasteiger partial charge in [-0.25, -0.2) is 0 Å². The summed E-state index contributed by atoms with van der Waals surface area (Å²) in [6.45, 7) is 3.72. The average Bonchev–Trinajstić information content (AvgIpc) is 2.39. The van der Waals surface area contributed by atoms with Gasteiger partial charge in [-0.1, -0.05) is 43.3 Å². The zero-order valence-corrected chi connectivity index (χ0v) is 11.0. The number of rotatable bonds is 6. The van der Waals surface area contributed by atoms with Gasteiger partial charge in [-0.05, 0) is 25.3 Å². The van der Waals surface area contributed by atoms with Crippen LogP contribution in [0.2, 0.25) is 0 Å². The van der Waals surface area contributed by atoms with E-state index in [1.54, 1.807) is 6.92 Å². The van der Waals surface area contributed by atoms with E-state index >= 15 is 0 Å². The molecular formula is C15H21NO2. The molecule has 0 radical (unpaired) electrons. The summed E-state index contributed by atoms with van der Waals surface area (Å²) in [6, 6.07) is 9.60. The fourth-order valence-electron chi connectivity index (χ4n) is 1.76. The molecule has 3 heteroatoms. The molecule has 0 fully saturated rings. The lowest BCUT2D eigenvalue weighted by molar-refractivity contribution is -0.118. The van der Waals surface area contributed by atoms with Crippen LogP contribution in [0.3, 0.4) is 0 Å². The number of nitrogens with one attached hydrogen (secondary N) is 1. The van der Waals surface area contributed by atoms with Gasteiger partial charge >= 0.3 is 0 Å². The third-order valence-corrected chi connectivity index (χ3v) is 2.75. The monoisotopic (exact) mass is 247 g/mol. The second-order valence-corrected chi connectivity index (χ2v) is 4.34. The smallest absolute Gasteiger partial charge is 0.246 e. The molecule has 2 N–H and O–H groups in total. The lowest BCUT2D eigenvalue weighted by Gasteiger charge is -2.16. The molecule has 1 amide bonds. The highest BCUT2D eigenvalue weighted by atomic mass is 16.3. The Morgan fingerprint density at radius 1 is 1.39 bits per heavy atom. The number of allylic oxidation sites excluding steroid dienone is 1. The van der Waals surface area contributed by atoms with Gasteiger partial charge in [0.1, 0.15) is 0 Å². The van der Waals surface area contributed by atoms with Gasteiger partial charge in [-0.3, -0.25) is 4.79 Å². The van der Waals surface area contributed by atoms with Crippen LogP contribution in [0.1, 0.15) is 25.8 Å². The highest BCUT2D eigenvalue weighted by Gasteiger charge is 2.12. The molecule has 1 aromatic carbocycles. The highest BCUT2D eigenvalue weighted by molar-refractivity contribution is 5.92. The van der Waals surface area contributed by atoms with Crippen molar-refractivity contribution >= 4 is 5.91 Å². The molecule has 0 saturated carbocycles. The molecule has 0 heterocycles. The van der Waals surface area contributed by atoms with Crippen LogP contribution < -0.4 is 5.32 Å². The van der Waals surface area contributed by atoms with E-state index in [2.05, 4.69) is 5.32 Å². The zero-order chi connectivity index (χ0) is 13.4. The molecule has 0 saturated heterocycles. The first-order valence-corrected chi connectivity index (χ1v) is 6.29. The zero-order valence-electron chi connectivity index (χ0n) is 11.0. The molecule has 0 unspecified atom stereocenters. The molecule has 0 aliphatic heterocycles. The van der Waals surface area contributed by atoms with Crippen LogP contribution in [0.5, 0.6) is 0 Å². The predicted octanol–water partition coefficient (Wildman–Crippen LogP) is 2.06. The van der Waals surface area contributed by atoms with Crippen LogP contribution in [-0.4, -0.2) is 23.7 Å². The minimum absolute atomic E-state index is 0.0555. The van der Waals surface area contributed by atoms with Gasteiger partial charge in [0.15, 0.2) is 0 Å². The van der Waals surface area contributed by atoms with Crippen molar-refractivity contribution in [3.63, 3.8) is 0 Å². The Morgan fingerprint density at radius 2 is 2.06 bits per heavy atom. The largest absolute Gasteiger partial charge is 0.394 e. The van der Waals surface area contributed by atoms with Crippen LogP contribution in [-0.2, 0) is 11.2 Å². The number of hydrogen-bond acceptors (Lipinski definition) is 2. The van der Waals surface area contributed by atoms with Crippen LogP contribution >= 0.6 is 0 Å². The highest BCUT2D eigenvalue weighted by Crippen LogP contribution is 2.04. The maximum atomic E-state index is 11.8. The lowest BCUT2D eigenvalue weighted by Crippen LogP contribution is -2.39. The average molecular weight is 247 g/mol. The summed E-state index contributed by atoms with van der Waals surface area (Å²) in [4.78, 5) is 11.8. The Labute approximate surface area is 109 Å². The first-order valence-electron chi connectivity index (χ1n) is 6.29. The molecule has 18 heavy (non-hydrogen) atoms. The van der Waals surface area contributed by atoms with Gasteiger partial charge in [0.25, 0.3) is 0 Å². The van der Waals surface area contributed by atoms with Crippen LogP contribution in [0, 0.1) is 0 Å². The van der Waals surface area contributed by atoms with Gasteiger partial charge < -0.3 is 10.4 Å². The Bertz CT molecular complexity index is 398. The summed E-state index contributed by atoms with van der Waals surface area (Å²) in [7, 11) is 0. The molecule has 0 bridgehead atoms. The van der Waals surface area contributed by atoms with E-state index in [0.29, 0.717) is 12.0 Å². The molecule has 3 nitrogen and oxygen atoms in total. The van der Waals surface area contributed by atoms with Crippen molar-refractivity contribution in [3.05, 3.63) is 47.5 Å². The summed E-state index contributed by atoms with van der Waals surface area (Å²) < 4.78 is 0. The second kappa shape index (κ2) is 7.67. The van der Waals surface area contributed by atoms with Crippen molar-refractivity contribution in [2.24, 2.45) is 0 Å². The summed E-state index contributed by atoms with van der Waals surface area (Å²) in [5.74, 6) is -0.105. The Morgan fingerprint density at radius 3 is 2.61 bits per heavy atom. The van der Waals surface area contributed by atoms with Crippen LogP contribution in [0.4, 0.5) is 0 Å². The molecule has 98 valence electrons. The summed E-state index contributed by atoms with van der Waals surface area (Å²) in [6.07, 6.45) is 3.36. The van der Waals surface area contributed by atoms with E-state index in [1.807, 2.05) is 43.3 Å². The SMILES string of the molecule is CC/C=C(/C)C(=O)N[C@H](CO)Cc1ccccc1. The molecular weight excluding hydrogens is 226 g/mol. The topological polar surface area (TPSA) is 49.3 Å². The van der Waals surface area contributed by atoms with E-state index in [9.17, 15) is 9.90 Å². The van der Waals surface area contributed by atoms with Crippen molar-refractivity contribution in [2.45, 2.75) is 32.7 Å². The number of benzene rings is 1. The van der Waals surface area contributed by atoms with Crippen molar-refractivity contribution in [1.82, 2.24) is 5.32 Å². The van der Waals surface area contributed by atoms with Crippen molar-refractivity contribution in [1.29, 1.82) is 0 Å². The third-order valence-electron chi connectivity index (χ3n) is 2.75. The quantitative estimate of drug-likeness (QED) is 0.756. The summed E-state index contributed by atoms with van der Waals surface area (Å²) in [5.41, 5.74) is 1.80. The maximum absolute atomic E-state index is 11.8. The number of hydrogen-bond donors (Lipinski definition) is 2. The maximum Gasteiger partial charge on any atom is 0.246 e. The Kier molecular flexibility index (Phi) is 6.15. The van der Waals surface area contributed by atoms with E-state index in [0.717, 1.165) is 12.0 Å². The van der Waals surface area contributed by atoms with E-state index in [-0.39, 0.29) is 18.6 Å². The number of aliphatic hydroxyl groups is 1. The van der Waals surface area contributed by atoms with Crippen LogP contribution in [0.15, 0.2) is 42.0 Å². The van der Waals surface area contributed by atoms with Gasteiger partial charge in [0.05, 0.1) is 12.6 Å². The molecule has 0 aliphatic rings. The Hall–Kier alpha value is -1.61. The molecule has 1 rings (SSSR count). The van der Waals surface area contributed by atoms with Gasteiger partial charge in [0, 0.05) is 5.57 Å². The minimum Gasteiger partial charge on any atom is -0.394 e. The fourth-order valence-corrected chi connectivity index (χ4v) is 1.76. The predicted molar refractivity (Wildman–Crippen MR) is 73.2 cm³/mol. The molecule has 0 spiro atoms. The number of aliphatic hydroxyl groups excluding tert-OH is 1. The summed E-state index contributed by atoms with van der Waals surface area (Å²) >= 11 is 0. The van der Waals surface area contributed by atoms with Crippen molar-refractivity contribution < 1.29 is 9.90 Å². The number of carbonyl (C=O) groups is 1. The Balaban J connectivity index is 2.57. The first-order chi connectivity index (χ1) is 8.67. The normalized spacial score (nSPS) is 13.2. The molecule has 0 aliphatic carbocycles. The van der Waals surface area contributed by atoms with Gasteiger partial charge in [-0.15, -0.1) is 0 Å². The summed E-state index contributed by atoms with van der Waals surface area (Å²) in [5, 5.41) is 12.2. The standard InChI is InChI=1S/C15H21NO2/c1-3-7-12(2)15(18)16-14(11-17)10-13-8-5-4-6-9-13/h4-9,14,17H,3,10-11H2,1-2H3,(H,16,18)/b12-7-/t14-/m0/s1. The van der Waals surface area contributed by atoms with E-state index in [1.165, 1.54) is 0 Å². The molecule has 0 aromatic heterocycles. The minimum atomic E-state index is -0.236. The first kappa shape index (κ1) is 14.5. The fraction of sp³-hybridized carbons (Fsp3) is 0.400. The lowest BCUT2D eigenvalue weighted by atomic mass is 10.1. The molecule has 1 aromatic rings. The van der Waals surface area contributed by atoms with Crippen molar-refractivity contribution in [3.8, 4) is 0 Å². The number of carbonyl (C=O) groups excluding carboxylic acids is 1. The number of amides is 1. The van der Waals surface area contributed by atoms with E-state index in [4.69, 9.17) is 0 Å². The van der Waals surface area contributed by atoms with Crippen molar-refractivity contribution in [2.75, 3.05) is 6.61 Å². The third kappa shape index (κ3) is 4.72. The van der Waals surface area contributed by atoms with E-state index < -0.39 is 0 Å². The van der Waals surface area contributed by atoms with Gasteiger partial charge in [-0.2, -0.15) is 0 Å². The van der Waals surface area contributed by atoms with Gasteiger partial charge in [0.2, 0.25) is 5.91 Å².